The van der Waals surface area contributed by atoms with Crippen LogP contribution >= 0.6 is 11.3 Å². The molecule has 1 aromatic heterocycles. The summed E-state index contributed by atoms with van der Waals surface area (Å²) in [5, 5.41) is 7.82. The molecule has 0 spiro atoms. The Balaban J connectivity index is 1.39. The molecule has 5 nitrogen and oxygen atoms in total. The Bertz CT molecular complexity index is 1220. The van der Waals surface area contributed by atoms with E-state index in [9.17, 15) is 0 Å². The molecule has 34 heavy (non-hydrogen) atoms. The number of anilines is 2. The number of nitrogens with zero attached hydrogens (tertiary/aromatic N) is 3. The first-order chi connectivity index (χ1) is 16.3. The van der Waals surface area contributed by atoms with Crippen LogP contribution in [0.4, 0.5) is 10.8 Å². The predicted octanol–water partition coefficient (Wildman–Crippen LogP) is 6.80. The van der Waals surface area contributed by atoms with E-state index < -0.39 is 0 Å². The van der Waals surface area contributed by atoms with Crippen molar-refractivity contribution >= 4 is 33.9 Å². The van der Waals surface area contributed by atoms with E-state index in [1.54, 1.807) is 18.4 Å². The number of methoxy groups -OCH3 is 1. The summed E-state index contributed by atoms with van der Waals surface area (Å²) >= 11 is 1.58. The number of allylic oxidation sites excluding steroid dienone is 1. The summed E-state index contributed by atoms with van der Waals surface area (Å²) in [4.78, 5) is 6.89. The number of nitrogens with one attached hydrogen (secondary N) is 1. The molecule has 0 saturated heterocycles. The van der Waals surface area contributed by atoms with Crippen molar-refractivity contribution in [3.05, 3.63) is 65.0 Å². The van der Waals surface area contributed by atoms with Gasteiger partial charge in [-0.2, -0.15) is 5.10 Å². The zero-order valence-corrected chi connectivity index (χ0v) is 21.3. The number of fused-ring (bicyclic) bond motifs is 2. The molecule has 3 aliphatic carbocycles. The lowest BCUT2D eigenvalue weighted by Crippen LogP contribution is -2.53. The second-order valence-corrected chi connectivity index (χ2v) is 10.9. The quantitative estimate of drug-likeness (QED) is 0.401. The third kappa shape index (κ3) is 4.23. The topological polar surface area (TPSA) is 49.8 Å². The third-order valence-electron chi connectivity index (χ3n) is 7.51. The van der Waals surface area contributed by atoms with Crippen LogP contribution in [0.25, 0.3) is 17.3 Å². The van der Waals surface area contributed by atoms with Gasteiger partial charge in [0, 0.05) is 36.6 Å². The molecule has 2 unspecified atom stereocenters. The molecule has 0 amide bonds. The van der Waals surface area contributed by atoms with Gasteiger partial charge in [0.25, 0.3) is 0 Å². The highest BCUT2D eigenvalue weighted by Crippen LogP contribution is 2.59. The predicted molar refractivity (Wildman–Crippen MR) is 144 cm³/mol. The van der Waals surface area contributed by atoms with Crippen LogP contribution in [0.5, 0.6) is 5.75 Å². The first-order valence-corrected chi connectivity index (χ1v) is 12.6. The van der Waals surface area contributed by atoms with E-state index in [1.165, 1.54) is 29.0 Å². The number of aromatic nitrogens is 1. The number of thiazole rings is 1. The Hall–Kier alpha value is -3.12. The van der Waals surface area contributed by atoms with Gasteiger partial charge in [-0.1, -0.05) is 26.0 Å². The average molecular weight is 473 g/mol. The maximum Gasteiger partial charge on any atom is 0.203 e. The number of hydrogen-bond donors (Lipinski definition) is 1. The second kappa shape index (κ2) is 8.91. The Labute approximate surface area is 206 Å². The summed E-state index contributed by atoms with van der Waals surface area (Å²) < 4.78 is 5.26. The molecule has 176 valence electrons. The van der Waals surface area contributed by atoms with Gasteiger partial charge in [-0.05, 0) is 77.8 Å². The van der Waals surface area contributed by atoms with Crippen LogP contribution in [-0.4, -0.2) is 31.9 Å². The van der Waals surface area contributed by atoms with Crippen molar-refractivity contribution < 1.29 is 4.74 Å². The Kier molecular flexibility index (Phi) is 5.94. The average Bonchev–Trinajstić information content (AvgIpc) is 3.32. The summed E-state index contributed by atoms with van der Waals surface area (Å²) in [7, 11) is 5.82. The van der Waals surface area contributed by atoms with E-state index in [-0.39, 0.29) is 0 Å². The lowest BCUT2D eigenvalue weighted by molar-refractivity contribution is 0.0143. The van der Waals surface area contributed by atoms with E-state index in [0.717, 1.165) is 34.5 Å². The summed E-state index contributed by atoms with van der Waals surface area (Å²) in [6.07, 6.45) is 4.62. The van der Waals surface area contributed by atoms with E-state index in [2.05, 4.69) is 74.0 Å². The van der Waals surface area contributed by atoms with E-state index in [1.807, 2.05) is 24.3 Å². The molecule has 1 heterocycles. The fourth-order valence-corrected chi connectivity index (χ4v) is 5.76. The van der Waals surface area contributed by atoms with Crippen LogP contribution in [-0.2, 0) is 0 Å². The monoisotopic (exact) mass is 472 g/mol. The molecule has 3 aliphatic rings. The number of hydrogen-bond acceptors (Lipinski definition) is 6. The van der Waals surface area contributed by atoms with E-state index >= 15 is 0 Å². The van der Waals surface area contributed by atoms with Gasteiger partial charge in [0.2, 0.25) is 5.13 Å². The zero-order chi connectivity index (χ0) is 23.9. The molecular formula is C28H32N4OS. The number of rotatable bonds is 6. The van der Waals surface area contributed by atoms with Crippen LogP contribution in [0.1, 0.15) is 32.3 Å². The van der Waals surface area contributed by atoms with Crippen LogP contribution in [0.3, 0.4) is 0 Å². The minimum absolute atomic E-state index is 0.295. The zero-order valence-electron chi connectivity index (χ0n) is 20.5. The molecule has 0 radical (unpaired) electrons. The number of ether oxygens (including phenoxy) is 1. The largest absolute Gasteiger partial charge is 0.497 e. The molecule has 0 aliphatic heterocycles. The third-order valence-corrected chi connectivity index (χ3v) is 8.26. The summed E-state index contributed by atoms with van der Waals surface area (Å²) in [5.41, 5.74) is 10.6. The van der Waals surface area contributed by atoms with Crippen molar-refractivity contribution in [1.82, 2.24) is 4.98 Å². The lowest BCUT2D eigenvalue weighted by atomic mass is 9.47. The number of benzene rings is 2. The fourth-order valence-electron chi connectivity index (χ4n) is 5.10. The Morgan fingerprint density at radius 3 is 2.50 bits per heavy atom. The van der Waals surface area contributed by atoms with Gasteiger partial charge in [-0.15, -0.1) is 11.3 Å². The van der Waals surface area contributed by atoms with E-state index in [4.69, 9.17) is 14.8 Å². The highest BCUT2D eigenvalue weighted by atomic mass is 32.1. The van der Waals surface area contributed by atoms with Gasteiger partial charge in [-0.3, -0.25) is 5.43 Å². The van der Waals surface area contributed by atoms with Crippen molar-refractivity contribution in [2.24, 2.45) is 22.4 Å². The summed E-state index contributed by atoms with van der Waals surface area (Å²) in [5.74, 6) is 2.05. The van der Waals surface area contributed by atoms with E-state index in [0.29, 0.717) is 11.3 Å². The molecule has 3 fully saturated rings. The molecule has 3 saturated carbocycles. The minimum Gasteiger partial charge on any atom is -0.497 e. The first kappa shape index (κ1) is 22.7. The molecule has 1 N–H and O–H groups in total. The minimum atomic E-state index is 0.295. The molecular weight excluding hydrogens is 440 g/mol. The van der Waals surface area contributed by atoms with Gasteiger partial charge in [0.15, 0.2) is 0 Å². The van der Waals surface area contributed by atoms with Crippen molar-refractivity contribution in [3.8, 4) is 17.0 Å². The second-order valence-electron chi connectivity index (χ2n) is 10.0. The molecule has 6 heteroatoms. The van der Waals surface area contributed by atoms with Crippen molar-refractivity contribution in [3.63, 3.8) is 0 Å². The standard InChI is InChI=1S/C28H32N4OS/c1-28(2)21-15-20(14-18-6-10-22(11-7-18)32(3)4)26(24(28)16-21)30-31-27-29-25(17-34-27)19-8-12-23(33-5)13-9-19/h6-14,17,21,24H,15-16H2,1-5H3,(H,29,31). The van der Waals surface area contributed by atoms with Crippen LogP contribution in [0.2, 0.25) is 0 Å². The van der Waals surface area contributed by atoms with Crippen LogP contribution < -0.4 is 15.1 Å². The van der Waals surface area contributed by atoms with Crippen LogP contribution in [0, 0.1) is 17.3 Å². The van der Waals surface area contributed by atoms with Crippen LogP contribution in [0.15, 0.2) is 64.6 Å². The molecule has 2 atom stereocenters. The molecule has 3 aromatic rings. The SMILES string of the molecule is COc1ccc(-c2csc(NN=C3C(=Cc4ccc(N(C)C)cc4)CC4CC3C4(C)C)n2)cc1. The molecule has 2 bridgehead atoms. The van der Waals surface area contributed by atoms with Crippen molar-refractivity contribution in [1.29, 1.82) is 0 Å². The lowest BCUT2D eigenvalue weighted by Gasteiger charge is -2.57. The van der Waals surface area contributed by atoms with Crippen molar-refractivity contribution in [2.75, 3.05) is 31.5 Å². The van der Waals surface area contributed by atoms with Gasteiger partial charge < -0.3 is 9.64 Å². The Morgan fingerprint density at radius 2 is 1.85 bits per heavy atom. The van der Waals surface area contributed by atoms with Gasteiger partial charge in [0.1, 0.15) is 5.75 Å². The number of hydrazone groups is 1. The maximum absolute atomic E-state index is 5.26. The van der Waals surface area contributed by atoms with Gasteiger partial charge in [-0.25, -0.2) is 4.98 Å². The normalized spacial score (nSPS) is 23.0. The first-order valence-electron chi connectivity index (χ1n) is 11.8. The van der Waals surface area contributed by atoms with Gasteiger partial charge >= 0.3 is 0 Å². The highest BCUT2D eigenvalue weighted by molar-refractivity contribution is 7.14. The fraction of sp³-hybridized carbons (Fsp3) is 0.357. The molecule has 6 rings (SSSR count). The van der Waals surface area contributed by atoms with Gasteiger partial charge in [0.05, 0.1) is 18.5 Å². The van der Waals surface area contributed by atoms with Crippen molar-refractivity contribution in [2.45, 2.75) is 26.7 Å². The highest BCUT2D eigenvalue weighted by Gasteiger charge is 2.54. The maximum atomic E-state index is 5.26. The summed E-state index contributed by atoms with van der Waals surface area (Å²) in [6.45, 7) is 4.77. The summed E-state index contributed by atoms with van der Waals surface area (Å²) in [6, 6.07) is 16.7. The smallest absolute Gasteiger partial charge is 0.203 e. The Morgan fingerprint density at radius 1 is 1.12 bits per heavy atom. The molecule has 2 aromatic carbocycles.